The Bertz CT molecular complexity index is 505. The second-order valence-corrected chi connectivity index (χ2v) is 4.85. The summed E-state index contributed by atoms with van der Waals surface area (Å²) in [6, 6.07) is 0. The number of hydrogen-bond acceptors (Lipinski definition) is 3. The summed E-state index contributed by atoms with van der Waals surface area (Å²) in [6.45, 7) is 0.801. The molecular weight excluding hydrogens is 252 g/mol. The van der Waals surface area contributed by atoms with Crippen molar-refractivity contribution in [3.05, 3.63) is 29.1 Å². The number of hydrogen-bond donors (Lipinski definition) is 1. The molecule has 1 heterocycles. The van der Waals surface area contributed by atoms with Gasteiger partial charge in [0.2, 0.25) is 10.0 Å². The van der Waals surface area contributed by atoms with Gasteiger partial charge >= 0.3 is 0 Å². The van der Waals surface area contributed by atoms with E-state index in [9.17, 15) is 26.0 Å². The lowest BCUT2D eigenvalue weighted by Gasteiger charge is -2.11. The average molecular weight is 258 g/mol. The Labute approximate surface area is 88.1 Å². The third kappa shape index (κ3) is 2.14. The van der Waals surface area contributed by atoms with Crippen molar-refractivity contribution in [2.75, 3.05) is 0 Å². The molecule has 0 aliphatic heterocycles. The maximum atomic E-state index is 13.1. The molecule has 1 aromatic rings. The molecule has 1 rings (SSSR count). The second kappa shape index (κ2) is 3.98. The molecule has 0 saturated heterocycles. The normalized spacial score (nSPS) is 13.9. The lowest BCUT2D eigenvalue weighted by atomic mass is 10.2. The fourth-order valence-electron chi connectivity index (χ4n) is 1.02. The minimum atomic E-state index is -4.38. The summed E-state index contributed by atoms with van der Waals surface area (Å²) in [4.78, 5) is 2.28. The van der Waals surface area contributed by atoms with Crippen LogP contribution in [0.3, 0.4) is 0 Å². The van der Waals surface area contributed by atoms with E-state index in [2.05, 4.69) is 10.1 Å². The van der Waals surface area contributed by atoms with Crippen LogP contribution >= 0.6 is 0 Å². The van der Waals surface area contributed by atoms with Gasteiger partial charge in [-0.1, -0.05) is 0 Å². The molecule has 0 radical (unpaired) electrons. The van der Waals surface area contributed by atoms with Crippen molar-refractivity contribution >= 4 is 10.0 Å². The maximum absolute atomic E-state index is 13.1. The molecule has 16 heavy (non-hydrogen) atoms. The van der Waals surface area contributed by atoms with Gasteiger partial charge in [0.25, 0.3) is 11.9 Å². The summed E-state index contributed by atoms with van der Waals surface area (Å²) in [5.74, 6) is -7.60. The number of aromatic nitrogens is 1. The third-order valence-corrected chi connectivity index (χ3v) is 3.15. The van der Waals surface area contributed by atoms with Gasteiger partial charge in [-0.15, -0.1) is 0 Å². The number of primary sulfonamides is 1. The molecule has 1 atom stereocenters. The molecule has 90 valence electrons. The van der Waals surface area contributed by atoms with Crippen LogP contribution in [0.25, 0.3) is 0 Å². The Kier molecular flexibility index (Phi) is 3.20. The number of nitrogens with two attached hydrogens (primary N) is 1. The Morgan fingerprint density at radius 1 is 1.12 bits per heavy atom. The minimum absolute atomic E-state index is 0.801. The average Bonchev–Trinajstić information content (AvgIpc) is 2.13. The summed E-state index contributed by atoms with van der Waals surface area (Å²) < 4.78 is 73.1. The summed E-state index contributed by atoms with van der Waals surface area (Å²) in [6.07, 6.45) is 0. The van der Waals surface area contributed by atoms with Crippen molar-refractivity contribution in [2.45, 2.75) is 12.2 Å². The van der Waals surface area contributed by atoms with Gasteiger partial charge in [-0.3, -0.25) is 0 Å². The molecule has 0 amide bonds. The highest BCUT2D eigenvalue weighted by Gasteiger charge is 2.30. The third-order valence-electron chi connectivity index (χ3n) is 1.93. The van der Waals surface area contributed by atoms with E-state index in [0.717, 1.165) is 6.92 Å². The lowest BCUT2D eigenvalue weighted by Crippen LogP contribution is -2.22. The van der Waals surface area contributed by atoms with Crippen LogP contribution in [-0.4, -0.2) is 13.4 Å². The van der Waals surface area contributed by atoms with Gasteiger partial charge in [0.15, 0.2) is 11.6 Å². The molecule has 0 aliphatic carbocycles. The minimum Gasteiger partial charge on any atom is -0.228 e. The maximum Gasteiger partial charge on any atom is 0.252 e. The largest absolute Gasteiger partial charge is 0.252 e. The molecule has 0 spiro atoms. The van der Waals surface area contributed by atoms with Crippen molar-refractivity contribution in [3.8, 4) is 0 Å². The van der Waals surface area contributed by atoms with Gasteiger partial charge < -0.3 is 0 Å². The smallest absolute Gasteiger partial charge is 0.228 e. The molecule has 1 aromatic heterocycles. The van der Waals surface area contributed by atoms with Crippen LogP contribution in [0.2, 0.25) is 0 Å². The summed E-state index contributed by atoms with van der Waals surface area (Å²) in [7, 11) is -4.38. The first-order valence-electron chi connectivity index (χ1n) is 3.87. The zero-order chi connectivity index (χ0) is 12.7. The van der Waals surface area contributed by atoms with Crippen LogP contribution in [0, 0.1) is 23.5 Å². The van der Waals surface area contributed by atoms with Gasteiger partial charge in [-0.25, -0.2) is 22.3 Å². The number of rotatable bonds is 2. The van der Waals surface area contributed by atoms with Crippen molar-refractivity contribution in [2.24, 2.45) is 5.14 Å². The predicted molar refractivity (Wildman–Crippen MR) is 45.6 cm³/mol. The number of halogens is 4. The summed E-state index contributed by atoms with van der Waals surface area (Å²) in [5.41, 5.74) is -1.30. The van der Waals surface area contributed by atoms with Gasteiger partial charge in [-0.05, 0) is 6.92 Å². The molecule has 0 bridgehead atoms. The van der Waals surface area contributed by atoms with Crippen LogP contribution in [0.15, 0.2) is 0 Å². The monoisotopic (exact) mass is 258 g/mol. The van der Waals surface area contributed by atoms with E-state index >= 15 is 0 Å². The zero-order valence-electron chi connectivity index (χ0n) is 7.84. The van der Waals surface area contributed by atoms with E-state index in [1.54, 1.807) is 0 Å². The van der Waals surface area contributed by atoms with Crippen molar-refractivity contribution in [1.29, 1.82) is 0 Å². The molecule has 0 saturated carbocycles. The summed E-state index contributed by atoms with van der Waals surface area (Å²) >= 11 is 0. The SMILES string of the molecule is CC(c1c(F)c(F)nc(F)c1F)S(N)(=O)=O. The fraction of sp³-hybridized carbons (Fsp3) is 0.286. The Balaban J connectivity index is 3.56. The fourth-order valence-corrected chi connectivity index (χ4v) is 1.56. The van der Waals surface area contributed by atoms with Crippen LogP contribution < -0.4 is 5.14 Å². The first-order valence-corrected chi connectivity index (χ1v) is 5.48. The highest BCUT2D eigenvalue weighted by atomic mass is 32.2. The highest BCUT2D eigenvalue weighted by Crippen LogP contribution is 2.27. The Morgan fingerprint density at radius 3 is 1.81 bits per heavy atom. The van der Waals surface area contributed by atoms with Crippen LogP contribution in [0.4, 0.5) is 17.6 Å². The van der Waals surface area contributed by atoms with E-state index in [1.807, 2.05) is 0 Å². The molecule has 0 aromatic carbocycles. The van der Waals surface area contributed by atoms with Gasteiger partial charge in [0, 0.05) is 0 Å². The van der Waals surface area contributed by atoms with Crippen LogP contribution in [-0.2, 0) is 10.0 Å². The standard InChI is InChI=1S/C7H6F4N2O2S/c1-2(16(12,14)15)3-4(8)6(10)13-7(11)5(3)9/h2H,1H3,(H2,12,14,15). The van der Waals surface area contributed by atoms with Crippen molar-refractivity contribution in [3.63, 3.8) is 0 Å². The zero-order valence-corrected chi connectivity index (χ0v) is 8.66. The molecule has 1 unspecified atom stereocenters. The van der Waals surface area contributed by atoms with E-state index in [4.69, 9.17) is 0 Å². The van der Waals surface area contributed by atoms with Gasteiger partial charge in [0.05, 0.1) is 5.56 Å². The van der Waals surface area contributed by atoms with E-state index in [-0.39, 0.29) is 0 Å². The molecule has 0 aliphatic rings. The first kappa shape index (κ1) is 12.8. The Morgan fingerprint density at radius 2 is 1.50 bits per heavy atom. The molecule has 9 heteroatoms. The predicted octanol–water partition coefficient (Wildman–Crippen LogP) is 0.988. The molecular formula is C7H6F4N2O2S. The van der Waals surface area contributed by atoms with Crippen molar-refractivity contribution in [1.82, 2.24) is 4.98 Å². The van der Waals surface area contributed by atoms with E-state index < -0.39 is 44.4 Å². The second-order valence-electron chi connectivity index (χ2n) is 2.97. The first-order chi connectivity index (χ1) is 7.16. The van der Waals surface area contributed by atoms with Gasteiger partial charge in [-0.2, -0.15) is 13.8 Å². The molecule has 4 nitrogen and oxygen atoms in total. The molecule has 2 N–H and O–H groups in total. The van der Waals surface area contributed by atoms with E-state index in [1.165, 1.54) is 0 Å². The number of pyridine rings is 1. The molecule has 0 fully saturated rings. The lowest BCUT2D eigenvalue weighted by molar-refractivity contribution is 0.394. The van der Waals surface area contributed by atoms with Crippen LogP contribution in [0.5, 0.6) is 0 Å². The van der Waals surface area contributed by atoms with Crippen molar-refractivity contribution < 1.29 is 26.0 Å². The Hall–Kier alpha value is -1.22. The van der Waals surface area contributed by atoms with Gasteiger partial charge in [0.1, 0.15) is 5.25 Å². The highest BCUT2D eigenvalue weighted by molar-refractivity contribution is 7.89. The quantitative estimate of drug-likeness (QED) is 0.635. The summed E-state index contributed by atoms with van der Waals surface area (Å²) in [5, 5.41) is 2.71. The number of sulfonamides is 1. The topological polar surface area (TPSA) is 73.0 Å². The van der Waals surface area contributed by atoms with E-state index in [0.29, 0.717) is 0 Å². The number of nitrogens with zero attached hydrogens (tertiary/aromatic N) is 1. The van der Waals surface area contributed by atoms with Crippen LogP contribution in [0.1, 0.15) is 17.7 Å².